The Balaban J connectivity index is 0.000000907. The highest BCUT2D eigenvalue weighted by Crippen LogP contribution is 2.31. The number of likely N-dealkylation sites (N-methyl/N-ethyl adjacent to an activating group) is 1. The van der Waals surface area contributed by atoms with Crippen LogP contribution < -0.4 is 5.32 Å². The Morgan fingerprint density at radius 2 is 1.64 bits per heavy atom. The Kier molecular flexibility index (Phi) is 23.4. The van der Waals surface area contributed by atoms with Crippen LogP contribution in [0.2, 0.25) is 0 Å². The van der Waals surface area contributed by atoms with Crippen molar-refractivity contribution in [1.29, 1.82) is 0 Å². The van der Waals surface area contributed by atoms with Crippen LogP contribution in [0, 0.1) is 5.92 Å². The van der Waals surface area contributed by atoms with Crippen molar-refractivity contribution in [2.75, 3.05) is 19.8 Å². The number of nitrogens with zero attached hydrogens (tertiary/aromatic N) is 1. The van der Waals surface area contributed by atoms with Crippen molar-refractivity contribution >= 4 is 41.0 Å². The number of carboxylic acid groups (broad SMARTS) is 1. The Labute approximate surface area is 274 Å². The monoisotopic (exact) mass is 666 g/mol. The summed E-state index contributed by atoms with van der Waals surface area (Å²) in [6.45, 7) is 11.5. The summed E-state index contributed by atoms with van der Waals surface area (Å²) in [5.74, 6) is -0.158. The molecule has 44 heavy (non-hydrogen) atoms. The van der Waals surface area contributed by atoms with Gasteiger partial charge in [0.2, 0.25) is 5.91 Å². The van der Waals surface area contributed by atoms with Gasteiger partial charge in [-0.1, -0.05) is 45.1 Å². The van der Waals surface area contributed by atoms with Crippen molar-refractivity contribution in [3.05, 3.63) is 12.7 Å². The maximum absolute atomic E-state index is 12.9. The molecule has 10 nitrogen and oxygen atoms in total. The average molecular weight is 667 g/mol. The summed E-state index contributed by atoms with van der Waals surface area (Å²) >= 11 is 7.55. The highest BCUT2D eigenvalue weighted by atomic mass is 35.5. The zero-order valence-corrected chi connectivity index (χ0v) is 29.2. The Hall–Kier alpha value is -1.21. The van der Waals surface area contributed by atoms with E-state index in [9.17, 15) is 29.7 Å². The zero-order chi connectivity index (χ0) is 33.8. The van der Waals surface area contributed by atoms with E-state index in [0.29, 0.717) is 12.3 Å². The van der Waals surface area contributed by atoms with Gasteiger partial charge >= 0.3 is 5.97 Å². The largest absolute Gasteiger partial charge is 0.481 e. The maximum Gasteiger partial charge on any atom is 0.303 e. The predicted molar refractivity (Wildman–Crippen MR) is 178 cm³/mol. The van der Waals surface area contributed by atoms with Crippen molar-refractivity contribution in [2.24, 2.45) is 5.92 Å². The molecule has 258 valence electrons. The van der Waals surface area contributed by atoms with Gasteiger partial charge in [-0.05, 0) is 72.1 Å². The van der Waals surface area contributed by atoms with Crippen molar-refractivity contribution in [2.45, 2.75) is 146 Å². The van der Waals surface area contributed by atoms with Crippen LogP contribution in [-0.2, 0) is 19.1 Å². The van der Waals surface area contributed by atoms with E-state index in [2.05, 4.69) is 18.8 Å². The summed E-state index contributed by atoms with van der Waals surface area (Å²) in [6.07, 6.45) is 10.0. The molecular formula is C32H59ClN2O8S. The van der Waals surface area contributed by atoms with E-state index >= 15 is 0 Å². The van der Waals surface area contributed by atoms with Crippen molar-refractivity contribution in [3.8, 4) is 0 Å². The molecule has 0 aromatic rings. The van der Waals surface area contributed by atoms with E-state index in [4.69, 9.17) is 21.4 Å². The number of allylic oxidation sites excluding steroid dienone is 1. The van der Waals surface area contributed by atoms with E-state index in [-0.39, 0.29) is 17.7 Å². The Bertz CT molecular complexity index is 830. The number of unbranched alkanes of at least 4 members (excludes halogenated alkanes) is 6. The Morgan fingerprint density at radius 1 is 1.07 bits per heavy atom. The molecule has 2 fully saturated rings. The fourth-order valence-electron chi connectivity index (χ4n) is 5.39. The molecule has 2 heterocycles. The van der Waals surface area contributed by atoms with Gasteiger partial charge in [-0.25, -0.2) is 0 Å². The number of Topliss-reactive ketones (excluding diaryl/α,β-unsaturated/α-hetero) is 1. The molecule has 0 bridgehead atoms. The number of alkyl halides is 1. The van der Waals surface area contributed by atoms with Gasteiger partial charge in [0.15, 0.2) is 0 Å². The number of hydrogen-bond donors (Lipinski definition) is 5. The number of thioether (sulfide) groups is 1. The first-order valence-corrected chi connectivity index (χ1v) is 17.6. The molecule has 2 rings (SSSR count). The number of rotatable bonds is 16. The standard InChI is InChI=1S/C18H33ClN2O5S.C11H20O2.C3H6O/c1-5-6-10-7-11(21(3)8-10)17(25)20-12(9(2)19)16-14(23)13(22)15(24)18(26-16)27-4;1-2-3-4-5-6-7-8-9-10-11(12)13;1-3(2)4/h9-16,18,22-24H,5-8H2,1-4H3,(H,20,25);2H,1,3-10H2,(H,12,13);1-2H3/t9-,10+,11-,12+,13-,14+,15+,16+,18+;;/m0../s1. The maximum atomic E-state index is 12.9. The first-order chi connectivity index (χ1) is 20.7. The van der Waals surface area contributed by atoms with Crippen LogP contribution in [0.25, 0.3) is 0 Å². The number of nitrogens with one attached hydrogen (secondary N) is 1. The lowest BCUT2D eigenvalue weighted by Crippen LogP contribution is -2.65. The zero-order valence-electron chi connectivity index (χ0n) is 27.6. The molecule has 0 radical (unpaired) electrons. The van der Waals surface area contributed by atoms with Crippen LogP contribution in [0.3, 0.4) is 0 Å². The second kappa shape index (κ2) is 24.0. The highest BCUT2D eigenvalue weighted by Gasteiger charge is 2.48. The van der Waals surface area contributed by atoms with Crippen molar-refractivity contribution in [3.63, 3.8) is 0 Å². The summed E-state index contributed by atoms with van der Waals surface area (Å²) in [5.41, 5.74) is -0.702. The van der Waals surface area contributed by atoms with E-state index < -0.39 is 47.2 Å². The molecular weight excluding hydrogens is 608 g/mol. The number of carboxylic acids is 1. The molecule has 0 aromatic carbocycles. The van der Waals surface area contributed by atoms with Crippen LogP contribution in [0.15, 0.2) is 12.7 Å². The number of likely N-dealkylation sites (tertiary alicyclic amines) is 1. The van der Waals surface area contributed by atoms with Crippen molar-refractivity contribution in [1.82, 2.24) is 10.2 Å². The highest BCUT2D eigenvalue weighted by molar-refractivity contribution is 7.99. The van der Waals surface area contributed by atoms with Gasteiger partial charge in [0.05, 0.1) is 17.5 Å². The normalized spacial score (nSPS) is 28.0. The lowest BCUT2D eigenvalue weighted by molar-refractivity contribution is -0.205. The number of hydrogen-bond acceptors (Lipinski definition) is 9. The second-order valence-electron chi connectivity index (χ2n) is 12.0. The fourth-order valence-corrected chi connectivity index (χ4v) is 6.27. The molecule has 0 aromatic heterocycles. The number of amides is 1. The lowest BCUT2D eigenvalue weighted by Gasteiger charge is -2.44. The van der Waals surface area contributed by atoms with Crippen LogP contribution in [0.5, 0.6) is 0 Å². The minimum atomic E-state index is -1.36. The summed E-state index contributed by atoms with van der Waals surface area (Å²) < 4.78 is 5.79. The van der Waals surface area contributed by atoms with E-state index in [1.807, 2.05) is 18.0 Å². The summed E-state index contributed by atoms with van der Waals surface area (Å²) in [4.78, 5) is 34.6. The summed E-state index contributed by atoms with van der Waals surface area (Å²) in [5, 5.41) is 41.4. The third-order valence-corrected chi connectivity index (χ3v) is 8.81. The number of aliphatic hydroxyl groups is 3. The number of carbonyl (C=O) groups is 3. The topological polar surface area (TPSA) is 157 Å². The summed E-state index contributed by atoms with van der Waals surface area (Å²) in [6, 6.07) is -0.934. The molecule has 2 aliphatic rings. The van der Waals surface area contributed by atoms with E-state index in [1.54, 1.807) is 13.2 Å². The molecule has 0 saturated carbocycles. The molecule has 2 aliphatic heterocycles. The molecule has 2 saturated heterocycles. The second-order valence-corrected chi connectivity index (χ2v) is 13.6. The van der Waals surface area contributed by atoms with Gasteiger partial charge in [-0.2, -0.15) is 0 Å². The molecule has 5 N–H and O–H groups in total. The first kappa shape index (κ1) is 42.8. The quantitative estimate of drug-likeness (QED) is 0.0911. The van der Waals surface area contributed by atoms with E-state index in [0.717, 1.165) is 45.1 Å². The number of halogens is 1. The van der Waals surface area contributed by atoms with Gasteiger partial charge in [-0.3, -0.25) is 14.5 Å². The predicted octanol–water partition coefficient (Wildman–Crippen LogP) is 4.36. The molecule has 0 aliphatic carbocycles. The average Bonchev–Trinajstić information content (AvgIpc) is 3.32. The molecule has 12 heteroatoms. The minimum Gasteiger partial charge on any atom is -0.481 e. The van der Waals surface area contributed by atoms with Gasteiger partial charge < -0.3 is 35.3 Å². The van der Waals surface area contributed by atoms with E-state index in [1.165, 1.54) is 51.3 Å². The number of carbonyl (C=O) groups excluding carboxylic acids is 2. The van der Waals surface area contributed by atoms with Gasteiger partial charge in [-0.15, -0.1) is 29.9 Å². The van der Waals surface area contributed by atoms with Crippen molar-refractivity contribution < 1.29 is 39.5 Å². The third-order valence-electron chi connectivity index (χ3n) is 7.68. The van der Waals surface area contributed by atoms with Gasteiger partial charge in [0.1, 0.15) is 35.6 Å². The van der Waals surface area contributed by atoms with Gasteiger partial charge in [0.25, 0.3) is 0 Å². The van der Waals surface area contributed by atoms with Crippen LogP contribution in [0.4, 0.5) is 0 Å². The fraction of sp³-hybridized carbons (Fsp3) is 0.844. The molecule has 0 spiro atoms. The smallest absolute Gasteiger partial charge is 0.303 e. The lowest BCUT2D eigenvalue weighted by atomic mass is 9.92. The molecule has 1 amide bonds. The summed E-state index contributed by atoms with van der Waals surface area (Å²) in [7, 11) is 1.94. The number of ketones is 1. The van der Waals surface area contributed by atoms with Crippen LogP contribution in [0.1, 0.15) is 98.3 Å². The SMILES string of the molecule is C=CCCCCCCCCC(=O)O.CC(C)=O.CCC[C@@H]1C[C@@H](C(=O)N[C@@H]([C@H]2O[C@H](SC)[C@H](O)[C@@H](O)[C@H]2O)[C@H](C)Cl)N(C)C1. The Morgan fingerprint density at radius 3 is 2.14 bits per heavy atom. The third kappa shape index (κ3) is 16.9. The van der Waals surface area contributed by atoms with Crippen LogP contribution in [-0.4, -0.2) is 110 Å². The number of aliphatic hydroxyl groups excluding tert-OH is 3. The first-order valence-electron chi connectivity index (χ1n) is 15.9. The number of ether oxygens (including phenoxy) is 1. The molecule has 0 unspecified atom stereocenters. The molecule has 9 atom stereocenters. The minimum absolute atomic E-state index is 0.147. The number of aliphatic carboxylic acids is 1. The van der Waals surface area contributed by atoms with Gasteiger partial charge in [0, 0.05) is 13.0 Å². The van der Waals surface area contributed by atoms with Crippen LogP contribution >= 0.6 is 23.4 Å².